The Morgan fingerprint density at radius 3 is 2.74 bits per heavy atom. The molecule has 2 rings (SSSR count). The van der Waals surface area contributed by atoms with E-state index in [-0.39, 0.29) is 6.04 Å². The van der Waals surface area contributed by atoms with Gasteiger partial charge in [0.15, 0.2) is 0 Å². The summed E-state index contributed by atoms with van der Waals surface area (Å²) in [4.78, 5) is 12.6. The van der Waals surface area contributed by atoms with Crippen LogP contribution in [0.3, 0.4) is 0 Å². The predicted octanol–water partition coefficient (Wildman–Crippen LogP) is 2.02. The van der Waals surface area contributed by atoms with Gasteiger partial charge in [0.25, 0.3) is 0 Å². The largest absolute Gasteiger partial charge is 0.492 e. The second-order valence-corrected chi connectivity index (χ2v) is 4.36. The van der Waals surface area contributed by atoms with Gasteiger partial charge in [-0.1, -0.05) is 6.92 Å². The molecule has 2 aromatic rings. The maximum absolute atomic E-state index is 6.17. The van der Waals surface area contributed by atoms with E-state index in [9.17, 15) is 0 Å². The molecule has 5 nitrogen and oxygen atoms in total. The summed E-state index contributed by atoms with van der Waals surface area (Å²) in [5.41, 5.74) is 8.63. The van der Waals surface area contributed by atoms with Crippen LogP contribution in [0, 0.1) is 6.92 Å². The van der Waals surface area contributed by atoms with Crippen LogP contribution in [0.2, 0.25) is 0 Å². The number of ether oxygens (including phenoxy) is 1. The molecule has 2 heterocycles. The predicted molar refractivity (Wildman–Crippen MR) is 72.8 cm³/mol. The lowest BCUT2D eigenvalue weighted by Crippen LogP contribution is -2.14. The van der Waals surface area contributed by atoms with Gasteiger partial charge in [-0.3, -0.25) is 15.0 Å². The Balaban J connectivity index is 2.18. The monoisotopic (exact) mass is 258 g/mol. The molecule has 1 atom stereocenters. The fraction of sp³-hybridized carbons (Fsp3) is 0.357. The van der Waals surface area contributed by atoms with Gasteiger partial charge in [0.1, 0.15) is 5.75 Å². The van der Waals surface area contributed by atoms with Crippen molar-refractivity contribution < 1.29 is 4.74 Å². The molecule has 0 saturated heterocycles. The SMILES string of the molecule is CCCOc1cncc(C(N)c2cnc(C)cn2)c1. The van der Waals surface area contributed by atoms with Gasteiger partial charge >= 0.3 is 0 Å². The summed E-state index contributed by atoms with van der Waals surface area (Å²) >= 11 is 0. The van der Waals surface area contributed by atoms with Crippen LogP contribution in [0.4, 0.5) is 0 Å². The standard InChI is InChI=1S/C14H18N4O/c1-3-4-19-12-5-11(7-16-8-12)14(15)13-9-17-10(2)6-18-13/h5-9,14H,3-4,15H2,1-2H3. The van der Waals surface area contributed by atoms with Crippen molar-refractivity contribution in [1.29, 1.82) is 0 Å². The third-order valence-corrected chi connectivity index (χ3v) is 2.69. The minimum atomic E-state index is -0.342. The smallest absolute Gasteiger partial charge is 0.137 e. The van der Waals surface area contributed by atoms with E-state index in [1.807, 2.05) is 13.0 Å². The highest BCUT2D eigenvalue weighted by molar-refractivity contribution is 5.30. The first-order chi connectivity index (χ1) is 9.20. The second kappa shape index (κ2) is 6.24. The van der Waals surface area contributed by atoms with Crippen molar-refractivity contribution in [3.05, 3.63) is 47.8 Å². The third-order valence-electron chi connectivity index (χ3n) is 2.69. The Bertz CT molecular complexity index is 527. The first-order valence-electron chi connectivity index (χ1n) is 6.32. The van der Waals surface area contributed by atoms with Gasteiger partial charge < -0.3 is 10.5 Å². The molecular weight excluding hydrogens is 240 g/mol. The van der Waals surface area contributed by atoms with Gasteiger partial charge in [0.2, 0.25) is 0 Å². The maximum atomic E-state index is 6.17. The molecule has 0 radical (unpaired) electrons. The highest BCUT2D eigenvalue weighted by Gasteiger charge is 2.12. The first kappa shape index (κ1) is 13.4. The average molecular weight is 258 g/mol. The topological polar surface area (TPSA) is 73.9 Å². The normalized spacial score (nSPS) is 12.2. The van der Waals surface area contributed by atoms with E-state index in [0.717, 1.165) is 29.1 Å². The summed E-state index contributed by atoms with van der Waals surface area (Å²) in [5.74, 6) is 0.731. The van der Waals surface area contributed by atoms with Gasteiger partial charge in [-0.2, -0.15) is 0 Å². The summed E-state index contributed by atoms with van der Waals surface area (Å²) in [6.45, 7) is 4.62. The van der Waals surface area contributed by atoms with E-state index >= 15 is 0 Å². The Morgan fingerprint density at radius 1 is 1.21 bits per heavy atom. The van der Waals surface area contributed by atoms with E-state index in [2.05, 4.69) is 21.9 Å². The molecule has 0 aliphatic rings. The molecule has 0 aromatic carbocycles. The number of nitrogens with two attached hydrogens (primary N) is 1. The van der Waals surface area contributed by atoms with Gasteiger partial charge in [-0.15, -0.1) is 0 Å². The third kappa shape index (κ3) is 3.48. The van der Waals surface area contributed by atoms with Crippen LogP contribution in [0.25, 0.3) is 0 Å². The van der Waals surface area contributed by atoms with Crippen LogP contribution >= 0.6 is 0 Å². The molecule has 0 bridgehead atoms. The Morgan fingerprint density at radius 2 is 2.05 bits per heavy atom. The van der Waals surface area contributed by atoms with Crippen molar-refractivity contribution in [3.63, 3.8) is 0 Å². The zero-order valence-electron chi connectivity index (χ0n) is 11.2. The lowest BCUT2D eigenvalue weighted by molar-refractivity contribution is 0.315. The number of rotatable bonds is 5. The fourth-order valence-electron chi connectivity index (χ4n) is 1.64. The van der Waals surface area contributed by atoms with Crippen molar-refractivity contribution in [2.24, 2.45) is 5.73 Å². The summed E-state index contributed by atoms with van der Waals surface area (Å²) in [7, 11) is 0. The van der Waals surface area contributed by atoms with Crippen LogP contribution in [0.15, 0.2) is 30.9 Å². The van der Waals surface area contributed by atoms with E-state index in [0.29, 0.717) is 6.61 Å². The number of hydrogen-bond acceptors (Lipinski definition) is 5. The minimum absolute atomic E-state index is 0.342. The van der Waals surface area contributed by atoms with Gasteiger partial charge in [0, 0.05) is 12.4 Å². The fourth-order valence-corrected chi connectivity index (χ4v) is 1.64. The summed E-state index contributed by atoms with van der Waals surface area (Å²) < 4.78 is 5.55. The van der Waals surface area contributed by atoms with Crippen LogP contribution in [-0.2, 0) is 0 Å². The minimum Gasteiger partial charge on any atom is -0.492 e. The summed E-state index contributed by atoms with van der Waals surface area (Å²) in [6, 6.07) is 1.56. The van der Waals surface area contributed by atoms with Gasteiger partial charge in [-0.05, 0) is 25.0 Å². The van der Waals surface area contributed by atoms with Gasteiger partial charge in [0.05, 0.1) is 36.4 Å². The average Bonchev–Trinajstić information content (AvgIpc) is 2.45. The van der Waals surface area contributed by atoms with Crippen molar-refractivity contribution >= 4 is 0 Å². The number of hydrogen-bond donors (Lipinski definition) is 1. The van der Waals surface area contributed by atoms with Gasteiger partial charge in [-0.25, -0.2) is 0 Å². The van der Waals surface area contributed by atoms with Crippen LogP contribution < -0.4 is 10.5 Å². The molecule has 0 aliphatic carbocycles. The molecule has 19 heavy (non-hydrogen) atoms. The van der Waals surface area contributed by atoms with Crippen molar-refractivity contribution in [1.82, 2.24) is 15.0 Å². The molecule has 2 aromatic heterocycles. The zero-order chi connectivity index (χ0) is 13.7. The van der Waals surface area contributed by atoms with E-state index in [1.54, 1.807) is 24.8 Å². The highest BCUT2D eigenvalue weighted by atomic mass is 16.5. The molecule has 0 amide bonds. The molecular formula is C14H18N4O. The number of pyridine rings is 1. The molecule has 100 valence electrons. The van der Waals surface area contributed by atoms with Crippen molar-refractivity contribution in [3.8, 4) is 5.75 Å². The van der Waals surface area contributed by atoms with Crippen LogP contribution in [0.1, 0.15) is 36.3 Å². The number of nitrogens with zero attached hydrogens (tertiary/aromatic N) is 3. The Hall–Kier alpha value is -2.01. The molecule has 2 N–H and O–H groups in total. The Labute approximate surface area is 112 Å². The number of aromatic nitrogens is 3. The lowest BCUT2D eigenvalue weighted by atomic mass is 10.1. The molecule has 0 fully saturated rings. The quantitative estimate of drug-likeness (QED) is 0.888. The van der Waals surface area contributed by atoms with Crippen LogP contribution in [-0.4, -0.2) is 21.6 Å². The van der Waals surface area contributed by atoms with Crippen molar-refractivity contribution in [2.45, 2.75) is 26.3 Å². The van der Waals surface area contributed by atoms with E-state index in [1.165, 1.54) is 0 Å². The van der Waals surface area contributed by atoms with E-state index in [4.69, 9.17) is 10.5 Å². The van der Waals surface area contributed by atoms with Crippen molar-refractivity contribution in [2.75, 3.05) is 6.61 Å². The zero-order valence-corrected chi connectivity index (χ0v) is 11.2. The lowest BCUT2D eigenvalue weighted by Gasteiger charge is -2.12. The van der Waals surface area contributed by atoms with E-state index < -0.39 is 0 Å². The summed E-state index contributed by atoms with van der Waals surface area (Å²) in [5, 5.41) is 0. The second-order valence-electron chi connectivity index (χ2n) is 4.36. The molecule has 0 spiro atoms. The molecule has 1 unspecified atom stereocenters. The number of aryl methyl sites for hydroxylation is 1. The molecule has 0 aliphatic heterocycles. The molecule has 0 saturated carbocycles. The highest BCUT2D eigenvalue weighted by Crippen LogP contribution is 2.20. The summed E-state index contributed by atoms with van der Waals surface area (Å²) in [6.07, 6.45) is 7.77. The molecule has 5 heteroatoms. The Kier molecular flexibility index (Phi) is 4.41. The first-order valence-corrected chi connectivity index (χ1v) is 6.32. The van der Waals surface area contributed by atoms with Crippen LogP contribution in [0.5, 0.6) is 5.75 Å². The maximum Gasteiger partial charge on any atom is 0.137 e.